The van der Waals surface area contributed by atoms with Crippen LogP contribution in [0.15, 0.2) is 0 Å². The van der Waals surface area contributed by atoms with E-state index in [1.54, 1.807) is 0 Å². The molecule has 0 saturated carbocycles. The van der Waals surface area contributed by atoms with Crippen LogP contribution in [0.1, 0.15) is 20.8 Å². The third kappa shape index (κ3) is 3.85. The molecule has 26 heavy (non-hydrogen) atoms. The highest BCUT2D eigenvalue weighted by atomic mass is 32.2. The third-order valence-corrected chi connectivity index (χ3v) is 6.41. The van der Waals surface area contributed by atoms with Gasteiger partial charge in [0.1, 0.15) is 0 Å². The Kier molecular flexibility index (Phi) is 5.90. The van der Waals surface area contributed by atoms with E-state index < -0.39 is 67.3 Å². The lowest BCUT2D eigenvalue weighted by Gasteiger charge is -2.40. The first kappa shape index (κ1) is 23.5. The Labute approximate surface area is 147 Å². The molecule has 0 aliphatic carbocycles. The maximum atomic E-state index is 13.6. The lowest BCUT2D eigenvalue weighted by atomic mass is 10.2. The van der Waals surface area contributed by atoms with E-state index in [4.69, 9.17) is 0 Å². The maximum absolute atomic E-state index is 13.6. The van der Waals surface area contributed by atoms with E-state index in [1.165, 1.54) is 0 Å². The minimum Gasteiger partial charge on any atom is -0.760 e. The minimum atomic E-state index is -5.84. The minimum absolute atomic E-state index is 0.715. The highest BCUT2D eigenvalue weighted by Gasteiger charge is 2.77. The molecule has 0 spiro atoms. The molecule has 2 unspecified atom stereocenters. The normalized spacial score (nSPS) is 30.6. The van der Waals surface area contributed by atoms with Crippen LogP contribution in [-0.4, -0.2) is 68.3 Å². The molecule has 0 aromatic rings. The molecule has 16 heteroatoms. The third-order valence-electron chi connectivity index (χ3n) is 3.48. The lowest BCUT2D eigenvalue weighted by Crippen LogP contribution is -2.65. The highest BCUT2D eigenvalue weighted by molar-refractivity contribution is 7.90. The first-order valence-electron chi connectivity index (χ1n) is 6.62. The fourth-order valence-electron chi connectivity index (χ4n) is 2.02. The summed E-state index contributed by atoms with van der Waals surface area (Å²) in [6, 6.07) is 0. The smallest absolute Gasteiger partial charge is 0.444 e. The average molecular weight is 437 g/mol. The van der Waals surface area contributed by atoms with Crippen LogP contribution in [0.4, 0.5) is 26.3 Å². The van der Waals surface area contributed by atoms with Gasteiger partial charge in [0.15, 0.2) is 0 Å². The number of hydrogen-bond donors (Lipinski definition) is 2. The molecular formula is C10H15F6N2O6S2-. The van der Waals surface area contributed by atoms with Crippen LogP contribution >= 0.6 is 0 Å². The van der Waals surface area contributed by atoms with Crippen molar-refractivity contribution in [2.45, 2.75) is 49.4 Å². The molecule has 0 amide bonds. The summed E-state index contributed by atoms with van der Waals surface area (Å²) in [5.74, 6) is -4.51. The maximum Gasteiger partial charge on any atom is 0.444 e. The molecule has 0 radical (unpaired) electrons. The fraction of sp³-hybridized carbons (Fsp3) is 1.00. The van der Waals surface area contributed by atoms with Crippen LogP contribution in [0, 0.1) is 0 Å². The Bertz CT molecular complexity index is 675. The number of β-amino-alcohol motifs (C(OH)–C–C–N with tert-alkyl or cyclic N) is 1. The van der Waals surface area contributed by atoms with E-state index in [0.717, 1.165) is 25.5 Å². The van der Waals surface area contributed by atoms with Crippen LogP contribution in [0.5, 0.6) is 0 Å². The van der Waals surface area contributed by atoms with Gasteiger partial charge in [0.2, 0.25) is 15.7 Å². The van der Waals surface area contributed by atoms with Crippen molar-refractivity contribution in [2.75, 3.05) is 13.1 Å². The first-order chi connectivity index (χ1) is 11.2. The van der Waals surface area contributed by atoms with Gasteiger partial charge in [0.25, 0.3) is 5.79 Å². The van der Waals surface area contributed by atoms with Crippen LogP contribution < -0.4 is 4.72 Å². The summed E-state index contributed by atoms with van der Waals surface area (Å²) in [4.78, 5) is 0. The number of halogens is 6. The molecule has 0 aromatic carbocycles. The molecule has 2 N–H and O–H groups in total. The molecule has 1 fully saturated rings. The van der Waals surface area contributed by atoms with Gasteiger partial charge in [0, 0.05) is 11.3 Å². The Hall–Kier alpha value is -0.520. The number of alkyl halides is 6. The number of rotatable bonds is 4. The number of sulfonamides is 1. The molecule has 1 aliphatic heterocycles. The molecule has 3 atom stereocenters. The van der Waals surface area contributed by atoms with Gasteiger partial charge >= 0.3 is 12.4 Å². The summed E-state index contributed by atoms with van der Waals surface area (Å²) < 4.78 is 128. The second-order valence-corrected chi connectivity index (χ2v) is 9.72. The van der Waals surface area contributed by atoms with Crippen LogP contribution in [0.3, 0.4) is 0 Å². The van der Waals surface area contributed by atoms with Crippen molar-refractivity contribution in [2.24, 2.45) is 0 Å². The SMILES string of the molecule is CC(C)(C)S(=O)(=O)N1C[C@@](O)(C(F)(F)F)OC1(CNS(=O)[O-])C(F)(F)F. The van der Waals surface area contributed by atoms with Crippen molar-refractivity contribution < 1.29 is 53.4 Å². The van der Waals surface area contributed by atoms with Gasteiger partial charge in [-0.1, -0.05) is 0 Å². The topological polar surface area (TPSA) is 119 Å². The van der Waals surface area contributed by atoms with E-state index in [9.17, 15) is 48.6 Å². The molecule has 1 rings (SSSR count). The average Bonchev–Trinajstić information content (AvgIpc) is 2.70. The van der Waals surface area contributed by atoms with Gasteiger partial charge < -0.3 is 14.4 Å². The Balaban J connectivity index is 3.71. The summed E-state index contributed by atoms with van der Waals surface area (Å²) in [5.41, 5.74) is -4.32. The zero-order valence-corrected chi connectivity index (χ0v) is 15.1. The van der Waals surface area contributed by atoms with E-state index in [0.29, 0.717) is 0 Å². The Morgan fingerprint density at radius 1 is 1.19 bits per heavy atom. The summed E-state index contributed by atoms with van der Waals surface area (Å²) in [7, 11) is -5.16. The summed E-state index contributed by atoms with van der Waals surface area (Å²) in [6.07, 6.45) is -11.6. The Morgan fingerprint density at radius 2 is 1.65 bits per heavy atom. The molecule has 1 aliphatic rings. The number of aliphatic hydroxyl groups is 1. The van der Waals surface area contributed by atoms with Crippen molar-refractivity contribution >= 4 is 21.3 Å². The molecular weight excluding hydrogens is 422 g/mol. The summed E-state index contributed by atoms with van der Waals surface area (Å²) in [6.45, 7) is -1.35. The van der Waals surface area contributed by atoms with Crippen LogP contribution in [0.2, 0.25) is 0 Å². The van der Waals surface area contributed by atoms with Gasteiger partial charge in [0.05, 0.1) is 17.8 Å². The predicted molar refractivity (Wildman–Crippen MR) is 73.2 cm³/mol. The number of hydrogen-bond acceptors (Lipinski definition) is 6. The van der Waals surface area contributed by atoms with Crippen molar-refractivity contribution in [3.8, 4) is 0 Å². The van der Waals surface area contributed by atoms with Crippen molar-refractivity contribution in [1.82, 2.24) is 9.03 Å². The quantitative estimate of drug-likeness (QED) is 0.484. The first-order valence-corrected chi connectivity index (χ1v) is 9.14. The molecule has 8 nitrogen and oxygen atoms in total. The molecule has 1 saturated heterocycles. The van der Waals surface area contributed by atoms with Crippen LogP contribution in [0.25, 0.3) is 0 Å². The summed E-state index contributed by atoms with van der Waals surface area (Å²) in [5, 5.41) is 9.56. The van der Waals surface area contributed by atoms with E-state index in [-0.39, 0.29) is 0 Å². The van der Waals surface area contributed by atoms with E-state index in [1.807, 2.05) is 0 Å². The van der Waals surface area contributed by atoms with E-state index in [2.05, 4.69) is 4.74 Å². The van der Waals surface area contributed by atoms with Crippen molar-refractivity contribution in [3.63, 3.8) is 0 Å². The van der Waals surface area contributed by atoms with Gasteiger partial charge in [-0.25, -0.2) is 13.1 Å². The standard InChI is InChI=1S/C10H16F6N2O6S2/c1-6(2,3)26(22,23)18-5-8(19,10(14,15)16)24-7(18,9(11,12)13)4-17-25(20)21/h17,19H,4-5H2,1-3H3,(H,20,21)/p-1/t7?,8-/m0/s1. The molecule has 156 valence electrons. The van der Waals surface area contributed by atoms with Crippen molar-refractivity contribution in [1.29, 1.82) is 0 Å². The van der Waals surface area contributed by atoms with Crippen LogP contribution in [-0.2, 0) is 26.0 Å². The fourth-order valence-corrected chi connectivity index (χ4v) is 3.94. The van der Waals surface area contributed by atoms with E-state index >= 15 is 0 Å². The molecule has 0 aromatic heterocycles. The number of ether oxygens (including phenoxy) is 1. The lowest BCUT2D eigenvalue weighted by molar-refractivity contribution is -0.396. The van der Waals surface area contributed by atoms with Gasteiger partial charge in [-0.2, -0.15) is 30.6 Å². The van der Waals surface area contributed by atoms with Crippen molar-refractivity contribution in [3.05, 3.63) is 0 Å². The molecule has 0 bridgehead atoms. The zero-order chi connectivity index (χ0) is 21.0. The van der Waals surface area contributed by atoms with Gasteiger partial charge in [-0.15, -0.1) is 0 Å². The number of nitrogens with zero attached hydrogens (tertiary/aromatic N) is 1. The van der Waals surface area contributed by atoms with Gasteiger partial charge in [-0.05, 0) is 20.8 Å². The second-order valence-electron chi connectivity index (χ2n) is 6.35. The highest BCUT2D eigenvalue weighted by Crippen LogP contribution is 2.51. The summed E-state index contributed by atoms with van der Waals surface area (Å²) >= 11 is -3.40. The zero-order valence-electron chi connectivity index (χ0n) is 13.4. The largest absolute Gasteiger partial charge is 0.760 e. The second kappa shape index (κ2) is 6.52. The number of nitrogens with one attached hydrogen (secondary N) is 1. The molecule has 1 heterocycles. The Morgan fingerprint density at radius 3 is 1.96 bits per heavy atom. The van der Waals surface area contributed by atoms with Gasteiger partial charge in [-0.3, -0.25) is 4.21 Å². The predicted octanol–water partition coefficient (Wildman–Crippen LogP) is 0.340. The monoisotopic (exact) mass is 437 g/mol.